The van der Waals surface area contributed by atoms with E-state index in [1.807, 2.05) is 30.5 Å². The maximum absolute atomic E-state index is 12.5. The summed E-state index contributed by atoms with van der Waals surface area (Å²) < 4.78 is 7.43. The van der Waals surface area contributed by atoms with E-state index < -0.39 is 0 Å². The van der Waals surface area contributed by atoms with Crippen molar-refractivity contribution < 1.29 is 9.53 Å². The van der Waals surface area contributed by atoms with Gasteiger partial charge < -0.3 is 14.6 Å². The Kier molecular flexibility index (Phi) is 4.39. The van der Waals surface area contributed by atoms with Crippen LogP contribution in [-0.4, -0.2) is 27.6 Å². The predicted molar refractivity (Wildman–Crippen MR) is 99.3 cm³/mol. The lowest BCUT2D eigenvalue weighted by molar-refractivity contribution is 0.102. The van der Waals surface area contributed by atoms with E-state index >= 15 is 0 Å². The van der Waals surface area contributed by atoms with Crippen molar-refractivity contribution >= 4 is 11.6 Å². The Morgan fingerprint density at radius 2 is 2.00 bits per heavy atom. The monoisotopic (exact) mass is 348 g/mol. The van der Waals surface area contributed by atoms with Gasteiger partial charge in [0.25, 0.3) is 5.91 Å². The largest absolute Gasteiger partial charge is 0.480 e. The van der Waals surface area contributed by atoms with Crippen molar-refractivity contribution in [2.75, 3.05) is 12.4 Å². The summed E-state index contributed by atoms with van der Waals surface area (Å²) in [7, 11) is 1.50. The van der Waals surface area contributed by atoms with Crippen LogP contribution >= 0.6 is 0 Å². The van der Waals surface area contributed by atoms with Crippen LogP contribution in [0.4, 0.5) is 5.69 Å². The number of pyridine rings is 1. The molecule has 4 rings (SSSR count). The highest BCUT2D eigenvalue weighted by atomic mass is 16.5. The molecular formula is C20H20N4O2. The average Bonchev–Trinajstić information content (AvgIpc) is 3.12. The first-order valence-electron chi connectivity index (χ1n) is 8.71. The SMILES string of the molecule is COc1ncccc1C(=O)Nc1ccc(-c2ncc3n2CCCC3)cc1. The zero-order chi connectivity index (χ0) is 17.9. The van der Waals surface area contributed by atoms with Crippen LogP contribution in [0.5, 0.6) is 5.88 Å². The van der Waals surface area contributed by atoms with Gasteiger partial charge in [0.05, 0.1) is 7.11 Å². The molecule has 26 heavy (non-hydrogen) atoms. The number of rotatable bonds is 4. The molecule has 0 bridgehead atoms. The van der Waals surface area contributed by atoms with Crippen LogP contribution in [0.1, 0.15) is 28.9 Å². The molecule has 6 nitrogen and oxygen atoms in total. The number of methoxy groups -OCH3 is 1. The number of carbonyl (C=O) groups is 1. The number of fused-ring (bicyclic) bond motifs is 1. The topological polar surface area (TPSA) is 69.0 Å². The van der Waals surface area contributed by atoms with Gasteiger partial charge in [-0.3, -0.25) is 4.79 Å². The zero-order valence-electron chi connectivity index (χ0n) is 14.6. The quantitative estimate of drug-likeness (QED) is 0.783. The average molecular weight is 348 g/mol. The molecule has 0 saturated carbocycles. The highest BCUT2D eigenvalue weighted by Gasteiger charge is 2.16. The second kappa shape index (κ2) is 7.00. The summed E-state index contributed by atoms with van der Waals surface area (Å²) in [5, 5.41) is 2.88. The summed E-state index contributed by atoms with van der Waals surface area (Å²) in [5.41, 5.74) is 3.47. The summed E-state index contributed by atoms with van der Waals surface area (Å²) in [4.78, 5) is 21.1. The molecule has 0 fully saturated rings. The van der Waals surface area contributed by atoms with Crippen LogP contribution in [0.25, 0.3) is 11.4 Å². The molecular weight excluding hydrogens is 328 g/mol. The van der Waals surface area contributed by atoms with Crippen molar-refractivity contribution in [1.82, 2.24) is 14.5 Å². The summed E-state index contributed by atoms with van der Waals surface area (Å²) in [6.07, 6.45) is 7.08. The van der Waals surface area contributed by atoms with E-state index in [0.717, 1.165) is 30.0 Å². The molecule has 1 amide bonds. The molecule has 0 aliphatic carbocycles. The third-order valence-electron chi connectivity index (χ3n) is 4.61. The van der Waals surface area contributed by atoms with Gasteiger partial charge in [-0.2, -0.15) is 0 Å². The molecule has 6 heteroatoms. The van der Waals surface area contributed by atoms with E-state index in [1.165, 1.54) is 25.6 Å². The van der Waals surface area contributed by atoms with Crippen LogP contribution < -0.4 is 10.1 Å². The first kappa shape index (κ1) is 16.3. The molecule has 0 unspecified atom stereocenters. The minimum atomic E-state index is -0.249. The molecule has 1 aromatic carbocycles. The molecule has 132 valence electrons. The minimum Gasteiger partial charge on any atom is -0.480 e. The number of carbonyl (C=O) groups excluding carboxylic acids is 1. The van der Waals surface area contributed by atoms with Gasteiger partial charge in [0.15, 0.2) is 0 Å². The maximum atomic E-state index is 12.5. The zero-order valence-corrected chi connectivity index (χ0v) is 14.6. The number of benzene rings is 1. The molecule has 0 spiro atoms. The number of anilines is 1. The van der Waals surface area contributed by atoms with E-state index in [9.17, 15) is 4.79 Å². The summed E-state index contributed by atoms with van der Waals surface area (Å²) in [6.45, 7) is 1.02. The Balaban J connectivity index is 1.53. The van der Waals surface area contributed by atoms with Gasteiger partial charge >= 0.3 is 0 Å². The third-order valence-corrected chi connectivity index (χ3v) is 4.61. The normalized spacial score (nSPS) is 13.1. The van der Waals surface area contributed by atoms with Crippen LogP contribution in [0.2, 0.25) is 0 Å². The lowest BCUT2D eigenvalue weighted by atomic mass is 10.1. The summed E-state index contributed by atoms with van der Waals surface area (Å²) in [5.74, 6) is 1.05. The highest BCUT2D eigenvalue weighted by molar-refractivity contribution is 6.05. The Morgan fingerprint density at radius 1 is 1.15 bits per heavy atom. The van der Waals surface area contributed by atoms with E-state index in [1.54, 1.807) is 18.3 Å². The Morgan fingerprint density at radius 3 is 2.81 bits per heavy atom. The second-order valence-corrected chi connectivity index (χ2v) is 6.27. The van der Waals surface area contributed by atoms with Crippen LogP contribution in [0.15, 0.2) is 48.8 Å². The van der Waals surface area contributed by atoms with E-state index in [4.69, 9.17) is 4.74 Å². The maximum Gasteiger partial charge on any atom is 0.261 e. The number of hydrogen-bond acceptors (Lipinski definition) is 4. The van der Waals surface area contributed by atoms with Gasteiger partial charge in [-0.05, 0) is 55.7 Å². The standard InChI is InChI=1S/C20H20N4O2/c1-26-20-17(6-4-11-21-20)19(25)23-15-9-7-14(8-10-15)18-22-13-16-5-2-3-12-24(16)18/h4,6-11,13H,2-3,5,12H2,1H3,(H,23,25). The Hall–Kier alpha value is -3.15. The molecule has 3 aromatic rings. The number of hydrogen-bond donors (Lipinski definition) is 1. The van der Waals surface area contributed by atoms with Gasteiger partial charge in [0.2, 0.25) is 5.88 Å². The van der Waals surface area contributed by atoms with Gasteiger partial charge in [0, 0.05) is 35.9 Å². The fourth-order valence-electron chi connectivity index (χ4n) is 3.29. The van der Waals surface area contributed by atoms with Crippen LogP contribution in [0.3, 0.4) is 0 Å². The number of nitrogens with zero attached hydrogens (tertiary/aromatic N) is 3. The van der Waals surface area contributed by atoms with Gasteiger partial charge in [0.1, 0.15) is 11.4 Å². The number of aromatic nitrogens is 3. The molecule has 0 saturated heterocycles. The van der Waals surface area contributed by atoms with Gasteiger partial charge in [-0.25, -0.2) is 9.97 Å². The first-order valence-corrected chi connectivity index (χ1v) is 8.71. The number of nitrogens with one attached hydrogen (secondary N) is 1. The molecule has 0 atom stereocenters. The number of imidazole rings is 1. The molecule has 1 N–H and O–H groups in total. The molecule has 0 radical (unpaired) electrons. The lowest BCUT2D eigenvalue weighted by Crippen LogP contribution is -2.13. The number of aryl methyl sites for hydroxylation is 1. The third kappa shape index (κ3) is 3.06. The van der Waals surface area contributed by atoms with Crippen LogP contribution in [-0.2, 0) is 13.0 Å². The van der Waals surface area contributed by atoms with E-state index in [0.29, 0.717) is 11.4 Å². The summed E-state index contributed by atoms with van der Waals surface area (Å²) >= 11 is 0. The van der Waals surface area contributed by atoms with Crippen molar-refractivity contribution in [3.05, 3.63) is 60.0 Å². The second-order valence-electron chi connectivity index (χ2n) is 6.27. The van der Waals surface area contributed by atoms with Crippen LogP contribution in [0, 0.1) is 0 Å². The molecule has 2 aromatic heterocycles. The fourth-order valence-corrected chi connectivity index (χ4v) is 3.29. The Bertz CT molecular complexity index is 931. The summed E-state index contributed by atoms with van der Waals surface area (Å²) in [6, 6.07) is 11.1. The van der Waals surface area contributed by atoms with Crippen molar-refractivity contribution in [2.45, 2.75) is 25.8 Å². The first-order chi connectivity index (χ1) is 12.8. The minimum absolute atomic E-state index is 0.249. The van der Waals surface area contributed by atoms with E-state index in [-0.39, 0.29) is 5.91 Å². The van der Waals surface area contributed by atoms with Gasteiger partial charge in [-0.15, -0.1) is 0 Å². The fraction of sp³-hybridized carbons (Fsp3) is 0.250. The number of ether oxygens (including phenoxy) is 1. The molecule has 3 heterocycles. The molecule has 1 aliphatic rings. The van der Waals surface area contributed by atoms with Crippen molar-refractivity contribution in [1.29, 1.82) is 0 Å². The van der Waals surface area contributed by atoms with Crippen molar-refractivity contribution in [3.8, 4) is 17.3 Å². The van der Waals surface area contributed by atoms with Crippen molar-refractivity contribution in [3.63, 3.8) is 0 Å². The lowest BCUT2D eigenvalue weighted by Gasteiger charge is -2.16. The van der Waals surface area contributed by atoms with Crippen molar-refractivity contribution in [2.24, 2.45) is 0 Å². The Labute approximate surface area is 151 Å². The smallest absolute Gasteiger partial charge is 0.261 e. The number of amides is 1. The van der Waals surface area contributed by atoms with Gasteiger partial charge in [-0.1, -0.05) is 0 Å². The molecule has 1 aliphatic heterocycles. The predicted octanol–water partition coefficient (Wildman–Crippen LogP) is 3.54. The highest BCUT2D eigenvalue weighted by Crippen LogP contribution is 2.26. The van der Waals surface area contributed by atoms with E-state index in [2.05, 4.69) is 19.9 Å².